The first-order valence-electron chi connectivity index (χ1n) is 3.97. The summed E-state index contributed by atoms with van der Waals surface area (Å²) >= 11 is 0. The van der Waals surface area contributed by atoms with Crippen LogP contribution >= 0.6 is 0 Å². The van der Waals surface area contributed by atoms with Crippen LogP contribution in [-0.4, -0.2) is 12.5 Å². The lowest BCUT2D eigenvalue weighted by molar-refractivity contribution is -0.281. The highest BCUT2D eigenvalue weighted by Gasteiger charge is 2.49. The number of fused-ring (bicyclic) bond motifs is 1. The van der Waals surface area contributed by atoms with Crippen molar-refractivity contribution in [3.05, 3.63) is 23.8 Å². The number of hydrogen-bond donors (Lipinski definition) is 0. The fraction of sp³-hybridized carbons (Fsp3) is 0.333. The van der Waals surface area contributed by atoms with Crippen molar-refractivity contribution in [2.75, 3.05) is 0 Å². The second kappa shape index (κ2) is 2.80. The molecule has 1 aliphatic heterocycles. The molecule has 1 atom stereocenters. The number of benzene rings is 1. The highest BCUT2D eigenvalue weighted by molar-refractivity contribution is 5.43. The lowest BCUT2D eigenvalue weighted by atomic mass is 10.2. The molecule has 1 aromatic carbocycles. The van der Waals surface area contributed by atoms with Crippen LogP contribution in [0.4, 0.5) is 13.2 Å². The molecule has 1 heterocycles. The van der Waals surface area contributed by atoms with E-state index in [1.165, 1.54) is 12.1 Å². The van der Waals surface area contributed by atoms with Crippen LogP contribution in [0.2, 0.25) is 0 Å². The highest BCUT2D eigenvalue weighted by Crippen LogP contribution is 2.40. The fourth-order valence-electron chi connectivity index (χ4n) is 1.17. The largest absolute Gasteiger partial charge is 0.468 e. The number of aryl methyl sites for hydroxylation is 1. The zero-order valence-electron chi connectivity index (χ0n) is 7.26. The van der Waals surface area contributed by atoms with Crippen molar-refractivity contribution in [1.29, 1.82) is 0 Å². The molecule has 0 aliphatic carbocycles. The number of alkyl halides is 3. The Morgan fingerprint density at radius 2 is 2.00 bits per heavy atom. The number of hydrogen-bond acceptors (Lipinski definition) is 2. The van der Waals surface area contributed by atoms with E-state index in [0.29, 0.717) is 0 Å². The molecule has 0 N–H and O–H groups in total. The van der Waals surface area contributed by atoms with Crippen LogP contribution in [0.15, 0.2) is 18.2 Å². The summed E-state index contributed by atoms with van der Waals surface area (Å²) in [5.74, 6) is -0.141. The molecule has 0 bridgehead atoms. The Hall–Kier alpha value is -1.39. The molecule has 0 saturated carbocycles. The van der Waals surface area contributed by atoms with E-state index in [4.69, 9.17) is 0 Å². The van der Waals surface area contributed by atoms with E-state index >= 15 is 0 Å². The third-order valence-electron chi connectivity index (χ3n) is 1.84. The number of halogens is 3. The molecular formula is C9H7F3O2. The first-order chi connectivity index (χ1) is 6.49. The van der Waals surface area contributed by atoms with E-state index in [9.17, 15) is 13.2 Å². The fourth-order valence-corrected chi connectivity index (χ4v) is 1.17. The van der Waals surface area contributed by atoms with Crippen molar-refractivity contribution in [2.45, 2.75) is 19.4 Å². The van der Waals surface area contributed by atoms with Crippen LogP contribution in [0.5, 0.6) is 11.5 Å². The number of rotatable bonds is 0. The maximum absolute atomic E-state index is 12.7. The SMILES string of the molecule is Cc1ccc2c(c1)OC(F)(F)C(F)O2. The van der Waals surface area contributed by atoms with Gasteiger partial charge in [0.25, 0.3) is 0 Å². The van der Waals surface area contributed by atoms with Crippen LogP contribution in [0.1, 0.15) is 5.56 Å². The van der Waals surface area contributed by atoms with Crippen LogP contribution in [0.25, 0.3) is 0 Å². The van der Waals surface area contributed by atoms with Gasteiger partial charge >= 0.3 is 12.5 Å². The molecule has 2 rings (SSSR count). The van der Waals surface area contributed by atoms with Gasteiger partial charge in [-0.1, -0.05) is 6.07 Å². The van der Waals surface area contributed by atoms with Gasteiger partial charge in [0, 0.05) is 0 Å². The van der Waals surface area contributed by atoms with Crippen LogP contribution in [0, 0.1) is 6.92 Å². The molecule has 0 saturated heterocycles. The smallest absolute Gasteiger partial charge is 0.447 e. The molecule has 1 unspecified atom stereocenters. The van der Waals surface area contributed by atoms with E-state index in [2.05, 4.69) is 9.47 Å². The predicted octanol–water partition coefficient (Wildman–Crippen LogP) is 2.65. The second-order valence-electron chi connectivity index (χ2n) is 3.05. The minimum atomic E-state index is -3.92. The molecule has 0 radical (unpaired) electrons. The molecule has 1 aromatic rings. The van der Waals surface area contributed by atoms with Crippen molar-refractivity contribution in [2.24, 2.45) is 0 Å². The summed E-state index contributed by atoms with van der Waals surface area (Å²) in [6, 6.07) is 4.39. The summed E-state index contributed by atoms with van der Waals surface area (Å²) < 4.78 is 46.6. The molecule has 76 valence electrons. The molecule has 2 nitrogen and oxygen atoms in total. The normalized spacial score (nSPS) is 23.3. The molecule has 0 fully saturated rings. The third-order valence-corrected chi connectivity index (χ3v) is 1.84. The summed E-state index contributed by atoms with van der Waals surface area (Å²) in [4.78, 5) is 0. The summed E-state index contributed by atoms with van der Waals surface area (Å²) in [6.07, 6.45) is -6.67. The van der Waals surface area contributed by atoms with Gasteiger partial charge in [0.15, 0.2) is 11.5 Å². The van der Waals surface area contributed by atoms with E-state index < -0.39 is 12.5 Å². The van der Waals surface area contributed by atoms with Gasteiger partial charge in [-0.2, -0.15) is 13.2 Å². The van der Waals surface area contributed by atoms with Gasteiger partial charge in [-0.05, 0) is 24.6 Å². The Kier molecular flexibility index (Phi) is 1.83. The van der Waals surface area contributed by atoms with Gasteiger partial charge in [-0.3, -0.25) is 0 Å². The van der Waals surface area contributed by atoms with E-state index in [0.717, 1.165) is 5.56 Å². The molecule has 0 amide bonds. The third kappa shape index (κ3) is 1.38. The summed E-state index contributed by atoms with van der Waals surface area (Å²) in [5, 5.41) is 0. The molecule has 5 heteroatoms. The standard InChI is InChI=1S/C9H7F3O2/c1-5-2-3-6-7(4-5)14-9(11,12)8(10)13-6/h2-4,8H,1H3. The second-order valence-corrected chi connectivity index (χ2v) is 3.05. The van der Waals surface area contributed by atoms with Crippen molar-refractivity contribution in [3.63, 3.8) is 0 Å². The van der Waals surface area contributed by atoms with Gasteiger partial charge in [0.2, 0.25) is 0 Å². The quantitative estimate of drug-likeness (QED) is 0.646. The Bertz CT molecular complexity index is 365. The minimum Gasteiger partial charge on any atom is -0.447 e. The topological polar surface area (TPSA) is 18.5 Å². The maximum atomic E-state index is 12.7. The van der Waals surface area contributed by atoms with Gasteiger partial charge in [0.05, 0.1) is 0 Å². The first kappa shape index (κ1) is 9.18. The molecule has 14 heavy (non-hydrogen) atoms. The average molecular weight is 204 g/mol. The van der Waals surface area contributed by atoms with E-state index in [-0.39, 0.29) is 11.5 Å². The average Bonchev–Trinajstić information content (AvgIpc) is 2.07. The molecule has 1 aliphatic rings. The van der Waals surface area contributed by atoms with E-state index in [1.807, 2.05) is 0 Å². The lowest BCUT2D eigenvalue weighted by Gasteiger charge is -2.28. The van der Waals surface area contributed by atoms with Crippen LogP contribution < -0.4 is 9.47 Å². The maximum Gasteiger partial charge on any atom is 0.468 e. The zero-order chi connectivity index (χ0) is 10.3. The van der Waals surface area contributed by atoms with Crippen molar-refractivity contribution >= 4 is 0 Å². The number of ether oxygens (including phenoxy) is 2. The Labute approximate surface area is 78.2 Å². The summed E-state index contributed by atoms with van der Waals surface area (Å²) in [7, 11) is 0. The molecular weight excluding hydrogens is 197 g/mol. The van der Waals surface area contributed by atoms with Gasteiger partial charge < -0.3 is 9.47 Å². The molecule has 0 spiro atoms. The predicted molar refractivity (Wildman–Crippen MR) is 42.3 cm³/mol. The monoisotopic (exact) mass is 204 g/mol. The van der Waals surface area contributed by atoms with Crippen molar-refractivity contribution < 1.29 is 22.6 Å². The van der Waals surface area contributed by atoms with Crippen molar-refractivity contribution in [3.8, 4) is 11.5 Å². The van der Waals surface area contributed by atoms with Gasteiger partial charge in [-0.15, -0.1) is 0 Å². The Morgan fingerprint density at radius 1 is 1.29 bits per heavy atom. The van der Waals surface area contributed by atoms with Crippen LogP contribution in [-0.2, 0) is 0 Å². The summed E-state index contributed by atoms with van der Waals surface area (Å²) in [5.41, 5.74) is 0.737. The Balaban J connectivity index is 2.41. The zero-order valence-corrected chi connectivity index (χ0v) is 7.26. The highest BCUT2D eigenvalue weighted by atomic mass is 19.3. The Morgan fingerprint density at radius 3 is 2.71 bits per heavy atom. The van der Waals surface area contributed by atoms with Crippen molar-refractivity contribution in [1.82, 2.24) is 0 Å². The minimum absolute atomic E-state index is 0.00553. The van der Waals surface area contributed by atoms with Crippen LogP contribution in [0.3, 0.4) is 0 Å². The first-order valence-corrected chi connectivity index (χ1v) is 3.97. The van der Waals surface area contributed by atoms with Gasteiger partial charge in [0.1, 0.15) is 0 Å². The molecule has 0 aromatic heterocycles. The van der Waals surface area contributed by atoms with Gasteiger partial charge in [-0.25, -0.2) is 0 Å². The van der Waals surface area contributed by atoms with E-state index in [1.54, 1.807) is 13.0 Å². The lowest BCUT2D eigenvalue weighted by Crippen LogP contribution is -2.43. The summed E-state index contributed by atoms with van der Waals surface area (Å²) in [6.45, 7) is 1.71.